The molecule has 3 aromatic carbocycles. The molecule has 0 radical (unpaired) electrons. The van der Waals surface area contributed by atoms with Crippen molar-refractivity contribution in [3.8, 4) is 12.3 Å². The second-order valence-corrected chi connectivity index (χ2v) is 8.30. The van der Waals surface area contributed by atoms with Gasteiger partial charge in [-0.2, -0.15) is 0 Å². The largest absolute Gasteiger partial charge is 0.368 e. The summed E-state index contributed by atoms with van der Waals surface area (Å²) in [6.07, 6.45) is 4.88. The van der Waals surface area contributed by atoms with Crippen LogP contribution in [0.15, 0.2) is 91.0 Å². The van der Waals surface area contributed by atoms with E-state index in [9.17, 15) is 0 Å². The molecule has 0 aliphatic heterocycles. The van der Waals surface area contributed by atoms with Crippen molar-refractivity contribution in [3.05, 3.63) is 91.0 Å². The van der Waals surface area contributed by atoms with Gasteiger partial charge in [-0.3, -0.25) is 0 Å². The van der Waals surface area contributed by atoms with E-state index in [2.05, 4.69) is 113 Å². The molecular formula is C23H22BrOP. The third-order valence-corrected chi connectivity index (χ3v) is 6.22. The molecule has 132 valence electrons. The third kappa shape index (κ3) is 6.77. The van der Waals surface area contributed by atoms with E-state index in [0.717, 1.165) is 5.33 Å². The molecule has 0 N–H and O–H groups in total. The average Bonchev–Trinajstić information content (AvgIpc) is 2.72. The van der Waals surface area contributed by atoms with Gasteiger partial charge >= 0.3 is 0 Å². The second kappa shape index (κ2) is 12.4. The maximum atomic E-state index is 4.88. The van der Waals surface area contributed by atoms with Crippen molar-refractivity contribution in [2.24, 2.45) is 0 Å². The lowest BCUT2D eigenvalue weighted by Gasteiger charge is -2.18. The van der Waals surface area contributed by atoms with Crippen LogP contribution in [0.5, 0.6) is 0 Å². The number of halogens is 1. The van der Waals surface area contributed by atoms with Crippen molar-refractivity contribution < 1.29 is 4.74 Å². The Morgan fingerprint density at radius 2 is 1.12 bits per heavy atom. The first-order valence-corrected chi connectivity index (χ1v) is 10.9. The number of terminal acetylenes is 1. The summed E-state index contributed by atoms with van der Waals surface area (Å²) in [4.78, 5) is 0. The summed E-state index contributed by atoms with van der Waals surface area (Å²) in [6.45, 7) is 1.12. The van der Waals surface area contributed by atoms with Crippen molar-refractivity contribution in [2.75, 3.05) is 18.5 Å². The maximum absolute atomic E-state index is 4.88. The molecule has 0 aliphatic carbocycles. The Balaban J connectivity index is 0.000000298. The molecule has 1 nitrogen and oxygen atoms in total. The highest BCUT2D eigenvalue weighted by Gasteiger charge is 2.14. The van der Waals surface area contributed by atoms with Crippen LogP contribution in [0, 0.1) is 12.3 Å². The Morgan fingerprint density at radius 3 is 1.42 bits per heavy atom. The number of ether oxygens (including phenoxy) is 1. The fourth-order valence-electron chi connectivity index (χ4n) is 2.36. The molecule has 3 heteroatoms. The number of hydrogen-bond donors (Lipinski definition) is 0. The summed E-state index contributed by atoms with van der Waals surface area (Å²) >= 11 is 3.19. The Labute approximate surface area is 166 Å². The molecule has 3 rings (SSSR count). The Morgan fingerprint density at radius 1 is 0.731 bits per heavy atom. The minimum absolute atomic E-state index is 0.422. The average molecular weight is 425 g/mol. The zero-order valence-corrected chi connectivity index (χ0v) is 17.1. The van der Waals surface area contributed by atoms with E-state index >= 15 is 0 Å². The van der Waals surface area contributed by atoms with Crippen LogP contribution in [-0.4, -0.2) is 18.5 Å². The first-order valence-electron chi connectivity index (χ1n) is 8.39. The summed E-state index contributed by atoms with van der Waals surface area (Å²) in [6, 6.07) is 32.3. The summed E-state index contributed by atoms with van der Waals surface area (Å²) < 4.78 is 4.85. The highest BCUT2D eigenvalue weighted by atomic mass is 79.9. The van der Waals surface area contributed by atoms with Crippen molar-refractivity contribution >= 4 is 39.8 Å². The molecule has 0 atom stereocenters. The Kier molecular flexibility index (Phi) is 9.77. The standard InChI is InChI=1S/C18H15P.C5H7BrO/c1-4-10-16(11-5-1)19(17-12-6-2-7-13-17)18-14-8-3-9-15-18;1-2-4-7-5-3-6/h1-15H;1H,3-5H2. The second-order valence-electron chi connectivity index (χ2n) is 5.29. The molecule has 3 aromatic rings. The molecule has 0 aliphatic rings. The fraction of sp³-hybridized carbons (Fsp3) is 0.130. The van der Waals surface area contributed by atoms with Gasteiger partial charge < -0.3 is 4.74 Å². The normalized spacial score (nSPS) is 9.88. The molecule has 0 saturated heterocycles. The molecule has 0 saturated carbocycles. The number of alkyl halides is 1. The van der Waals surface area contributed by atoms with Crippen LogP contribution in [0.25, 0.3) is 0 Å². The predicted octanol–water partition coefficient (Wildman–Crippen LogP) is 4.48. The van der Waals surface area contributed by atoms with Crippen LogP contribution in [0.2, 0.25) is 0 Å². The van der Waals surface area contributed by atoms with Crippen LogP contribution in [0.3, 0.4) is 0 Å². The van der Waals surface area contributed by atoms with Gasteiger partial charge in [-0.15, -0.1) is 6.42 Å². The van der Waals surface area contributed by atoms with Gasteiger partial charge in [0.1, 0.15) is 6.61 Å². The number of benzene rings is 3. The van der Waals surface area contributed by atoms with E-state index in [-0.39, 0.29) is 0 Å². The summed E-state index contributed by atoms with van der Waals surface area (Å²) in [5.41, 5.74) is 0. The zero-order valence-electron chi connectivity index (χ0n) is 14.6. The van der Waals surface area contributed by atoms with E-state index in [1.54, 1.807) is 0 Å². The van der Waals surface area contributed by atoms with Gasteiger partial charge in [0.25, 0.3) is 0 Å². The van der Waals surface area contributed by atoms with Crippen LogP contribution >= 0.6 is 23.9 Å². The lowest BCUT2D eigenvalue weighted by molar-refractivity contribution is 0.186. The van der Waals surface area contributed by atoms with Gasteiger partial charge in [0.05, 0.1) is 6.61 Å². The molecule has 0 spiro atoms. The lowest BCUT2D eigenvalue weighted by atomic mass is 10.4. The highest BCUT2D eigenvalue weighted by molar-refractivity contribution is 9.09. The molecular weight excluding hydrogens is 403 g/mol. The molecule has 0 unspecified atom stereocenters. The quantitative estimate of drug-likeness (QED) is 0.245. The van der Waals surface area contributed by atoms with Crippen LogP contribution < -0.4 is 15.9 Å². The van der Waals surface area contributed by atoms with E-state index < -0.39 is 7.92 Å². The highest BCUT2D eigenvalue weighted by Crippen LogP contribution is 2.32. The first-order chi connectivity index (χ1) is 12.9. The Bertz CT molecular complexity index is 676. The number of rotatable bonds is 6. The van der Waals surface area contributed by atoms with Gasteiger partial charge in [0.15, 0.2) is 0 Å². The van der Waals surface area contributed by atoms with Gasteiger partial charge in [0, 0.05) is 5.33 Å². The topological polar surface area (TPSA) is 9.23 Å². The molecule has 26 heavy (non-hydrogen) atoms. The summed E-state index contributed by atoms with van der Waals surface area (Å²) in [5.74, 6) is 2.36. The van der Waals surface area contributed by atoms with Gasteiger partial charge in [-0.1, -0.05) is 113 Å². The minimum atomic E-state index is -0.446. The predicted molar refractivity (Wildman–Crippen MR) is 119 cm³/mol. The Hall–Kier alpha value is -1.91. The molecule has 0 amide bonds. The molecule has 0 heterocycles. The van der Waals surface area contributed by atoms with E-state index in [1.165, 1.54) is 15.9 Å². The van der Waals surface area contributed by atoms with Crippen molar-refractivity contribution in [1.29, 1.82) is 0 Å². The van der Waals surface area contributed by atoms with Crippen molar-refractivity contribution in [2.45, 2.75) is 0 Å². The van der Waals surface area contributed by atoms with Gasteiger partial charge in [-0.05, 0) is 23.8 Å². The minimum Gasteiger partial charge on any atom is -0.368 e. The van der Waals surface area contributed by atoms with Gasteiger partial charge in [0.2, 0.25) is 0 Å². The van der Waals surface area contributed by atoms with Crippen LogP contribution in [-0.2, 0) is 4.74 Å². The van der Waals surface area contributed by atoms with Crippen molar-refractivity contribution in [3.63, 3.8) is 0 Å². The smallest absolute Gasteiger partial charge is 0.107 e. The van der Waals surface area contributed by atoms with E-state index in [1.807, 2.05) is 0 Å². The SMILES string of the molecule is C#CCOCCBr.c1ccc(P(c2ccccc2)c2ccccc2)cc1. The van der Waals surface area contributed by atoms with E-state index in [0.29, 0.717) is 13.2 Å². The van der Waals surface area contributed by atoms with Crippen LogP contribution in [0.4, 0.5) is 0 Å². The molecule has 0 aromatic heterocycles. The lowest BCUT2D eigenvalue weighted by Crippen LogP contribution is -2.20. The monoisotopic (exact) mass is 424 g/mol. The van der Waals surface area contributed by atoms with Crippen LogP contribution in [0.1, 0.15) is 0 Å². The summed E-state index contributed by atoms with van der Waals surface area (Å²) in [7, 11) is -0.446. The zero-order chi connectivity index (χ0) is 18.5. The van der Waals surface area contributed by atoms with E-state index in [4.69, 9.17) is 11.2 Å². The molecule has 0 bridgehead atoms. The maximum Gasteiger partial charge on any atom is 0.107 e. The third-order valence-electron chi connectivity index (χ3n) is 3.45. The van der Waals surface area contributed by atoms with Gasteiger partial charge in [-0.25, -0.2) is 0 Å². The summed E-state index contributed by atoms with van der Waals surface area (Å²) in [5, 5.41) is 5.05. The number of hydrogen-bond acceptors (Lipinski definition) is 1. The first kappa shape index (κ1) is 20.4. The fourth-order valence-corrected chi connectivity index (χ4v) is 4.90. The molecule has 0 fully saturated rings. The van der Waals surface area contributed by atoms with Crippen molar-refractivity contribution in [1.82, 2.24) is 0 Å².